The minimum Gasteiger partial charge on any atom is -0.454 e. The van der Waals surface area contributed by atoms with Gasteiger partial charge in [-0.2, -0.15) is 0 Å². The zero-order chi connectivity index (χ0) is 36.3. The van der Waals surface area contributed by atoms with Crippen LogP contribution >= 0.6 is 11.3 Å². The van der Waals surface area contributed by atoms with E-state index in [2.05, 4.69) is 199 Å². The number of fused-ring (bicyclic) bond motifs is 7. The van der Waals surface area contributed by atoms with Crippen molar-refractivity contribution in [2.45, 2.75) is 0 Å². The van der Waals surface area contributed by atoms with E-state index >= 15 is 0 Å². The summed E-state index contributed by atoms with van der Waals surface area (Å²) >= 11 is 1.85. The average Bonchev–Trinajstić information content (AvgIpc) is 3.83. The molecule has 9 aromatic carbocycles. The molecule has 0 aliphatic carbocycles. The van der Waals surface area contributed by atoms with Gasteiger partial charge in [-0.3, -0.25) is 0 Å². The van der Waals surface area contributed by atoms with Crippen LogP contribution < -0.4 is 4.90 Å². The van der Waals surface area contributed by atoms with E-state index in [1.807, 2.05) is 17.4 Å². The van der Waals surface area contributed by atoms with Crippen LogP contribution in [-0.4, -0.2) is 0 Å². The van der Waals surface area contributed by atoms with Crippen molar-refractivity contribution in [1.29, 1.82) is 0 Å². The fourth-order valence-electron chi connectivity index (χ4n) is 8.17. The third kappa shape index (κ3) is 5.40. The Kier molecular flexibility index (Phi) is 7.39. The number of para-hydroxylation sites is 1. The van der Waals surface area contributed by atoms with Crippen LogP contribution in [0, 0.1) is 0 Å². The molecule has 0 fully saturated rings. The Bertz CT molecular complexity index is 3190. The van der Waals surface area contributed by atoms with E-state index in [9.17, 15) is 0 Å². The summed E-state index contributed by atoms with van der Waals surface area (Å²) in [4.78, 5) is 2.35. The summed E-state index contributed by atoms with van der Waals surface area (Å²) in [6, 6.07) is 72.1. The number of thiophene rings is 1. The molecule has 0 radical (unpaired) electrons. The lowest BCUT2D eigenvalue weighted by Crippen LogP contribution is -2.10. The van der Waals surface area contributed by atoms with E-state index < -0.39 is 0 Å². The van der Waals surface area contributed by atoms with Gasteiger partial charge in [-0.15, -0.1) is 11.3 Å². The molecule has 0 aliphatic rings. The largest absolute Gasteiger partial charge is 0.454 e. The zero-order valence-electron chi connectivity index (χ0n) is 29.8. The summed E-state index contributed by atoms with van der Waals surface area (Å²) in [6.07, 6.45) is 0. The topological polar surface area (TPSA) is 16.4 Å². The molecule has 3 heteroatoms. The number of anilines is 3. The third-order valence-corrected chi connectivity index (χ3v) is 12.0. The molecule has 0 saturated carbocycles. The predicted octanol–water partition coefficient (Wildman–Crippen LogP) is 15.6. The number of hydrogen-bond acceptors (Lipinski definition) is 3. The van der Waals surface area contributed by atoms with Crippen LogP contribution in [0.15, 0.2) is 205 Å². The number of benzene rings is 9. The Hall–Kier alpha value is -6.94. The molecular formula is C52H33NOS. The Labute approximate surface area is 322 Å². The molecule has 55 heavy (non-hydrogen) atoms. The van der Waals surface area contributed by atoms with Crippen LogP contribution in [0.3, 0.4) is 0 Å². The lowest BCUT2D eigenvalue weighted by molar-refractivity contribution is 0.669. The third-order valence-electron chi connectivity index (χ3n) is 10.9. The first kappa shape index (κ1) is 31.6. The maximum Gasteiger partial charge on any atom is 0.160 e. The Balaban J connectivity index is 1.09. The van der Waals surface area contributed by atoms with Crippen molar-refractivity contribution >= 4 is 81.3 Å². The fraction of sp³-hybridized carbons (Fsp3) is 0. The van der Waals surface area contributed by atoms with Crippen LogP contribution in [0.25, 0.3) is 86.3 Å². The number of rotatable bonds is 6. The van der Waals surface area contributed by atoms with Crippen molar-refractivity contribution < 1.29 is 4.42 Å². The van der Waals surface area contributed by atoms with Crippen LogP contribution in [0.4, 0.5) is 17.1 Å². The van der Waals surface area contributed by atoms with Gasteiger partial charge < -0.3 is 9.32 Å². The Morgan fingerprint density at radius 1 is 0.382 bits per heavy atom. The molecule has 0 bridgehead atoms. The first-order valence-electron chi connectivity index (χ1n) is 18.7. The minimum absolute atomic E-state index is 0.862. The van der Waals surface area contributed by atoms with Crippen molar-refractivity contribution in [2.75, 3.05) is 4.90 Å². The van der Waals surface area contributed by atoms with Crippen molar-refractivity contribution in [2.24, 2.45) is 0 Å². The fourth-order valence-corrected chi connectivity index (χ4v) is 9.25. The van der Waals surface area contributed by atoms with Gasteiger partial charge in [0, 0.05) is 42.3 Å². The molecule has 2 nitrogen and oxygen atoms in total. The van der Waals surface area contributed by atoms with Crippen LogP contribution in [-0.2, 0) is 0 Å². The molecule has 2 heterocycles. The van der Waals surface area contributed by atoms with Gasteiger partial charge >= 0.3 is 0 Å². The maximum atomic E-state index is 6.84. The summed E-state index contributed by atoms with van der Waals surface area (Å²) < 4.78 is 9.48. The second-order valence-electron chi connectivity index (χ2n) is 14.1. The molecule has 0 saturated heterocycles. The number of nitrogens with zero attached hydrogens (tertiary/aromatic N) is 1. The van der Waals surface area contributed by atoms with Crippen LogP contribution in [0.2, 0.25) is 0 Å². The molecule has 0 atom stereocenters. The lowest BCUT2D eigenvalue weighted by atomic mass is 9.97. The summed E-state index contributed by atoms with van der Waals surface area (Å²) in [5, 5.41) is 7.22. The van der Waals surface area contributed by atoms with Crippen LogP contribution in [0.1, 0.15) is 0 Å². The van der Waals surface area contributed by atoms with Crippen molar-refractivity contribution in [3.63, 3.8) is 0 Å². The smallest absolute Gasteiger partial charge is 0.160 e. The van der Waals surface area contributed by atoms with E-state index in [4.69, 9.17) is 4.42 Å². The summed E-state index contributed by atoms with van der Waals surface area (Å²) in [7, 11) is 0. The monoisotopic (exact) mass is 719 g/mol. The van der Waals surface area contributed by atoms with Gasteiger partial charge in [0.05, 0.1) is 5.69 Å². The second-order valence-corrected chi connectivity index (χ2v) is 15.2. The Morgan fingerprint density at radius 3 is 1.82 bits per heavy atom. The molecular weight excluding hydrogens is 687 g/mol. The van der Waals surface area contributed by atoms with Gasteiger partial charge in [-0.25, -0.2) is 0 Å². The molecule has 0 N–H and O–H groups in total. The highest BCUT2D eigenvalue weighted by Gasteiger charge is 2.22. The van der Waals surface area contributed by atoms with Gasteiger partial charge in [0.1, 0.15) is 5.58 Å². The van der Waals surface area contributed by atoms with Crippen LogP contribution in [0.5, 0.6) is 0 Å². The van der Waals surface area contributed by atoms with E-state index in [0.29, 0.717) is 0 Å². The van der Waals surface area contributed by atoms with E-state index in [-0.39, 0.29) is 0 Å². The highest BCUT2D eigenvalue weighted by atomic mass is 32.1. The maximum absolute atomic E-state index is 6.84. The lowest BCUT2D eigenvalue weighted by Gasteiger charge is -2.26. The molecule has 0 aliphatic heterocycles. The summed E-state index contributed by atoms with van der Waals surface area (Å²) in [6.45, 7) is 0. The number of hydrogen-bond donors (Lipinski definition) is 0. The van der Waals surface area contributed by atoms with E-state index in [1.54, 1.807) is 0 Å². The molecule has 0 unspecified atom stereocenters. The summed E-state index contributed by atoms with van der Waals surface area (Å²) in [5.74, 6) is 0. The summed E-state index contributed by atoms with van der Waals surface area (Å²) in [5.41, 5.74) is 12.0. The van der Waals surface area contributed by atoms with Gasteiger partial charge in [0.15, 0.2) is 5.58 Å². The van der Waals surface area contributed by atoms with Crippen molar-refractivity contribution in [1.82, 2.24) is 0 Å². The SMILES string of the molecule is c1ccc(-c2ccc3cc(N(c4ccc(-c5ccc6sc7ccccc7c6c5)cc4)c4ccc(-c5ccccc5)c5c4oc4ccccc45)ccc3c2)cc1. The molecule has 11 rings (SSSR count). The standard InChI is InChI=1S/C52H33NOS/c1-3-11-34(12-4-1)37-19-20-39-32-42(27-23-38(39)31-37)53(41-25-21-35(22-26-41)40-24-30-50-46(33-40)44-15-8-10-18-49(44)55-50)47-29-28-43(36-13-5-2-6-14-36)51-45-16-7-9-17-48(45)54-52(47)51/h1-33H. The van der Waals surface area contributed by atoms with Gasteiger partial charge in [-0.1, -0.05) is 140 Å². The highest BCUT2D eigenvalue weighted by Crippen LogP contribution is 2.46. The minimum atomic E-state index is 0.862. The molecule has 0 amide bonds. The van der Waals surface area contributed by atoms with Crippen molar-refractivity contribution in [3.8, 4) is 33.4 Å². The molecule has 0 spiro atoms. The van der Waals surface area contributed by atoms with E-state index in [1.165, 1.54) is 53.2 Å². The van der Waals surface area contributed by atoms with E-state index in [0.717, 1.165) is 50.1 Å². The first-order valence-corrected chi connectivity index (χ1v) is 19.5. The van der Waals surface area contributed by atoms with Crippen molar-refractivity contribution in [3.05, 3.63) is 200 Å². The first-order chi connectivity index (χ1) is 27.2. The molecule has 2 aromatic heterocycles. The zero-order valence-corrected chi connectivity index (χ0v) is 30.6. The quantitative estimate of drug-likeness (QED) is 0.170. The normalized spacial score (nSPS) is 11.6. The predicted molar refractivity (Wildman–Crippen MR) is 235 cm³/mol. The highest BCUT2D eigenvalue weighted by molar-refractivity contribution is 7.25. The average molecular weight is 720 g/mol. The van der Waals surface area contributed by atoms with Gasteiger partial charge in [0.25, 0.3) is 0 Å². The molecule has 258 valence electrons. The molecule has 11 aromatic rings. The Morgan fingerprint density at radius 2 is 0.982 bits per heavy atom. The van der Waals surface area contributed by atoms with Gasteiger partial charge in [-0.05, 0) is 105 Å². The second kappa shape index (κ2) is 12.9. The van der Waals surface area contributed by atoms with Gasteiger partial charge in [0.2, 0.25) is 0 Å². The number of furan rings is 1.